The zero-order valence-corrected chi connectivity index (χ0v) is 10.1. The topological polar surface area (TPSA) is 37.3 Å². The van der Waals surface area contributed by atoms with Crippen LogP contribution in [-0.4, -0.2) is 11.1 Å². The van der Waals surface area contributed by atoms with Crippen LogP contribution in [0.15, 0.2) is 30.3 Å². The molecule has 0 saturated carbocycles. The first-order valence-electron chi connectivity index (χ1n) is 6.23. The lowest BCUT2D eigenvalue weighted by atomic mass is 9.85. The van der Waals surface area contributed by atoms with Crippen LogP contribution in [0.25, 0.3) is 5.57 Å². The third kappa shape index (κ3) is 2.76. The fourth-order valence-corrected chi connectivity index (χ4v) is 2.35. The summed E-state index contributed by atoms with van der Waals surface area (Å²) in [4.78, 5) is 10.8. The Morgan fingerprint density at radius 3 is 2.53 bits per heavy atom. The highest BCUT2D eigenvalue weighted by Crippen LogP contribution is 2.31. The van der Waals surface area contributed by atoms with Crippen LogP contribution in [0.1, 0.15) is 48.5 Å². The molecule has 0 saturated heterocycles. The molecule has 2 nitrogen and oxygen atoms in total. The molecule has 1 aromatic rings. The molecule has 1 aliphatic carbocycles. The standard InChI is InChI=1S/C15H18O2/c1-2-11-3-5-12(6-4-11)13-7-9-14(10-8-13)15(16)17/h5,7-11H,2-4,6H2,1H3,(H,16,17). The van der Waals surface area contributed by atoms with Gasteiger partial charge in [0.05, 0.1) is 5.56 Å². The Morgan fingerprint density at radius 2 is 2.06 bits per heavy atom. The van der Waals surface area contributed by atoms with Crippen LogP contribution >= 0.6 is 0 Å². The molecule has 1 atom stereocenters. The van der Waals surface area contributed by atoms with Crippen molar-refractivity contribution >= 4 is 11.5 Å². The van der Waals surface area contributed by atoms with Gasteiger partial charge in [-0.25, -0.2) is 4.79 Å². The van der Waals surface area contributed by atoms with E-state index in [0.717, 1.165) is 18.8 Å². The zero-order chi connectivity index (χ0) is 12.3. The van der Waals surface area contributed by atoms with Crippen molar-refractivity contribution in [3.63, 3.8) is 0 Å². The Labute approximate surface area is 102 Å². The summed E-state index contributed by atoms with van der Waals surface area (Å²) in [6.07, 6.45) is 7.09. The van der Waals surface area contributed by atoms with E-state index in [0.29, 0.717) is 5.56 Å². The monoisotopic (exact) mass is 230 g/mol. The highest BCUT2D eigenvalue weighted by Gasteiger charge is 2.13. The Balaban J connectivity index is 2.13. The smallest absolute Gasteiger partial charge is 0.335 e. The lowest BCUT2D eigenvalue weighted by Crippen LogP contribution is -2.04. The maximum atomic E-state index is 10.8. The summed E-state index contributed by atoms with van der Waals surface area (Å²) < 4.78 is 0. The predicted octanol–water partition coefficient (Wildman–Crippen LogP) is 3.98. The molecule has 2 heteroatoms. The van der Waals surface area contributed by atoms with E-state index in [1.54, 1.807) is 12.1 Å². The summed E-state index contributed by atoms with van der Waals surface area (Å²) in [5, 5.41) is 8.84. The van der Waals surface area contributed by atoms with E-state index in [1.165, 1.54) is 24.0 Å². The molecule has 1 N–H and O–H groups in total. The Kier molecular flexibility index (Phi) is 3.62. The highest BCUT2D eigenvalue weighted by molar-refractivity contribution is 5.88. The van der Waals surface area contributed by atoms with Gasteiger partial charge in [-0.2, -0.15) is 0 Å². The van der Waals surface area contributed by atoms with E-state index in [9.17, 15) is 4.79 Å². The third-order valence-electron chi connectivity index (χ3n) is 3.60. The van der Waals surface area contributed by atoms with Crippen molar-refractivity contribution < 1.29 is 9.90 Å². The fraction of sp³-hybridized carbons (Fsp3) is 0.400. The van der Waals surface area contributed by atoms with Gasteiger partial charge in [-0.3, -0.25) is 0 Å². The number of allylic oxidation sites excluding steroid dienone is 2. The average Bonchev–Trinajstić information content (AvgIpc) is 2.39. The minimum absolute atomic E-state index is 0.358. The summed E-state index contributed by atoms with van der Waals surface area (Å²) >= 11 is 0. The van der Waals surface area contributed by atoms with E-state index >= 15 is 0 Å². The molecular weight excluding hydrogens is 212 g/mol. The molecule has 2 rings (SSSR count). The molecule has 1 aliphatic rings. The van der Waals surface area contributed by atoms with Gasteiger partial charge < -0.3 is 5.11 Å². The quantitative estimate of drug-likeness (QED) is 0.852. The Morgan fingerprint density at radius 1 is 1.35 bits per heavy atom. The molecule has 0 spiro atoms. The van der Waals surface area contributed by atoms with Crippen LogP contribution in [0.4, 0.5) is 0 Å². The number of hydrogen-bond acceptors (Lipinski definition) is 1. The lowest BCUT2D eigenvalue weighted by molar-refractivity contribution is 0.0697. The normalized spacial score (nSPS) is 19.8. The molecule has 0 bridgehead atoms. The molecule has 0 heterocycles. The molecule has 0 aliphatic heterocycles. The summed E-state index contributed by atoms with van der Waals surface area (Å²) in [6.45, 7) is 2.24. The van der Waals surface area contributed by atoms with Crippen LogP contribution in [0.5, 0.6) is 0 Å². The first-order chi connectivity index (χ1) is 8.20. The molecule has 0 aromatic heterocycles. The van der Waals surface area contributed by atoms with Crippen molar-refractivity contribution in [2.24, 2.45) is 5.92 Å². The maximum absolute atomic E-state index is 10.8. The van der Waals surface area contributed by atoms with Crippen LogP contribution in [0.2, 0.25) is 0 Å². The Hall–Kier alpha value is -1.57. The molecule has 90 valence electrons. The summed E-state index contributed by atoms with van der Waals surface area (Å²) in [5.74, 6) is -0.0303. The largest absolute Gasteiger partial charge is 0.478 e. The second kappa shape index (κ2) is 5.17. The van der Waals surface area contributed by atoms with Crippen molar-refractivity contribution in [3.05, 3.63) is 41.5 Å². The number of rotatable bonds is 3. The number of carboxylic acid groups (broad SMARTS) is 1. The predicted molar refractivity (Wildman–Crippen MR) is 69.0 cm³/mol. The first-order valence-corrected chi connectivity index (χ1v) is 6.23. The molecule has 1 aromatic carbocycles. The van der Waals surface area contributed by atoms with Gasteiger partial charge in [-0.1, -0.05) is 31.6 Å². The number of benzene rings is 1. The summed E-state index contributed by atoms with van der Waals surface area (Å²) in [5.41, 5.74) is 2.90. The number of hydrogen-bond donors (Lipinski definition) is 1. The van der Waals surface area contributed by atoms with Gasteiger partial charge in [0.2, 0.25) is 0 Å². The van der Waals surface area contributed by atoms with E-state index in [1.807, 2.05) is 12.1 Å². The average molecular weight is 230 g/mol. The first kappa shape index (κ1) is 11.9. The van der Waals surface area contributed by atoms with Crippen molar-refractivity contribution in [1.82, 2.24) is 0 Å². The molecule has 1 unspecified atom stereocenters. The lowest BCUT2D eigenvalue weighted by Gasteiger charge is -2.20. The number of aromatic carboxylic acids is 1. The van der Waals surface area contributed by atoms with Crippen LogP contribution in [0.3, 0.4) is 0 Å². The molecule has 0 amide bonds. The Bertz CT molecular complexity index is 429. The molecule has 17 heavy (non-hydrogen) atoms. The van der Waals surface area contributed by atoms with E-state index < -0.39 is 5.97 Å². The van der Waals surface area contributed by atoms with E-state index in [-0.39, 0.29) is 0 Å². The molecular formula is C15H18O2. The van der Waals surface area contributed by atoms with Gasteiger partial charge in [0.25, 0.3) is 0 Å². The summed E-state index contributed by atoms with van der Waals surface area (Å²) in [7, 11) is 0. The number of carbonyl (C=O) groups is 1. The van der Waals surface area contributed by atoms with Gasteiger partial charge in [-0.05, 0) is 48.4 Å². The maximum Gasteiger partial charge on any atom is 0.335 e. The van der Waals surface area contributed by atoms with Crippen LogP contribution in [-0.2, 0) is 0 Å². The van der Waals surface area contributed by atoms with Gasteiger partial charge in [0.15, 0.2) is 0 Å². The van der Waals surface area contributed by atoms with E-state index in [4.69, 9.17) is 5.11 Å². The second-order valence-electron chi connectivity index (χ2n) is 4.66. The van der Waals surface area contributed by atoms with Gasteiger partial charge in [-0.15, -0.1) is 0 Å². The van der Waals surface area contributed by atoms with Gasteiger partial charge >= 0.3 is 5.97 Å². The van der Waals surface area contributed by atoms with Gasteiger partial charge in [0, 0.05) is 0 Å². The summed E-state index contributed by atoms with van der Waals surface area (Å²) in [6, 6.07) is 7.21. The second-order valence-corrected chi connectivity index (χ2v) is 4.66. The van der Waals surface area contributed by atoms with Crippen LogP contribution < -0.4 is 0 Å². The minimum atomic E-state index is -0.861. The SMILES string of the molecule is CCC1CC=C(c2ccc(C(=O)O)cc2)CC1. The van der Waals surface area contributed by atoms with Crippen molar-refractivity contribution in [2.75, 3.05) is 0 Å². The van der Waals surface area contributed by atoms with Crippen LogP contribution in [0, 0.1) is 5.92 Å². The zero-order valence-electron chi connectivity index (χ0n) is 10.1. The minimum Gasteiger partial charge on any atom is -0.478 e. The third-order valence-corrected chi connectivity index (χ3v) is 3.60. The van der Waals surface area contributed by atoms with Crippen molar-refractivity contribution in [1.29, 1.82) is 0 Å². The van der Waals surface area contributed by atoms with Crippen molar-refractivity contribution in [2.45, 2.75) is 32.6 Å². The molecule has 0 radical (unpaired) electrons. The van der Waals surface area contributed by atoms with Crippen molar-refractivity contribution in [3.8, 4) is 0 Å². The van der Waals surface area contributed by atoms with Gasteiger partial charge in [0.1, 0.15) is 0 Å². The molecule has 0 fully saturated rings. The number of carboxylic acids is 1. The van der Waals surface area contributed by atoms with E-state index in [2.05, 4.69) is 13.0 Å². The fourth-order valence-electron chi connectivity index (χ4n) is 2.35. The highest BCUT2D eigenvalue weighted by atomic mass is 16.4.